The summed E-state index contributed by atoms with van der Waals surface area (Å²) in [7, 11) is 0. The van der Waals surface area contributed by atoms with Gasteiger partial charge in [-0.2, -0.15) is 0 Å². The number of rotatable bonds is 0. The molecule has 66 valence electrons. The third kappa shape index (κ3) is 1.17. The first kappa shape index (κ1) is 7.80. The summed E-state index contributed by atoms with van der Waals surface area (Å²) in [5.74, 6) is 0. The van der Waals surface area contributed by atoms with Crippen LogP contribution in [-0.4, -0.2) is 4.43 Å². The van der Waals surface area contributed by atoms with Crippen LogP contribution in [0.25, 0.3) is 10.8 Å². The van der Waals surface area contributed by atoms with Gasteiger partial charge in [0.2, 0.25) is 0 Å². The van der Waals surface area contributed by atoms with E-state index in [4.69, 9.17) is 0 Å². The molecule has 0 atom stereocenters. The summed E-state index contributed by atoms with van der Waals surface area (Å²) in [5.41, 5.74) is 1.57. The van der Waals surface area contributed by atoms with Crippen LogP contribution in [0.15, 0.2) is 36.4 Å². The Balaban J connectivity index is 2.49. The summed E-state index contributed by atoms with van der Waals surface area (Å²) in [4.78, 5) is 0. The predicted molar refractivity (Wildman–Crippen MR) is 51.2 cm³/mol. The van der Waals surface area contributed by atoms with Crippen molar-refractivity contribution >= 4 is 10.8 Å². The Kier molecular flexibility index (Phi) is 1.79. The molecule has 1 heteroatoms. The molecular weight excluding hydrogens is 271 g/mol. The van der Waals surface area contributed by atoms with Gasteiger partial charge < -0.3 is 0 Å². The minimum atomic E-state index is 0.304. The van der Waals surface area contributed by atoms with Crippen molar-refractivity contribution in [1.82, 2.24) is 0 Å². The van der Waals surface area contributed by atoms with Crippen molar-refractivity contribution in [3.8, 4) is 0 Å². The number of halogens is 1. The van der Waals surface area contributed by atoms with Crippen molar-refractivity contribution < 1.29 is 21.2 Å². The normalized spacial score (nSPS) is 15.4. The van der Waals surface area contributed by atoms with Crippen molar-refractivity contribution in [2.45, 2.75) is 6.42 Å². The fourth-order valence-electron chi connectivity index (χ4n) is 1.94. The zero-order valence-corrected chi connectivity index (χ0v) is 9.41. The second-order valence-electron chi connectivity index (χ2n) is 3.33. The van der Waals surface area contributed by atoms with Crippen molar-refractivity contribution in [3.05, 3.63) is 45.5 Å². The van der Waals surface area contributed by atoms with Crippen LogP contribution >= 0.6 is 0 Å². The van der Waals surface area contributed by atoms with E-state index in [9.17, 15) is 0 Å². The topological polar surface area (TPSA) is 0 Å². The Morgan fingerprint density at radius 1 is 1.00 bits per heavy atom. The van der Waals surface area contributed by atoms with Gasteiger partial charge in [-0.1, -0.05) is 0 Å². The maximum absolute atomic E-state index is 2.32. The van der Waals surface area contributed by atoms with Crippen LogP contribution in [0, 0.1) is 3.57 Å². The van der Waals surface area contributed by atoms with Gasteiger partial charge in [0.1, 0.15) is 0 Å². The fourth-order valence-corrected chi connectivity index (χ4v) is 4.87. The molecule has 0 amide bonds. The maximum atomic E-state index is 2.32. The average Bonchev–Trinajstić information content (AvgIpc) is 2.19. The number of benzene rings is 2. The number of alkyl halides is 1. The standard InChI is InChI=1S/C12H10I/c1-3-9-5-2-6-11-12(9)10(4-1)7-8-13-11/h1-6H,7-8H2/q-1. The number of aryl methyl sites for hydroxylation is 1. The fraction of sp³-hybridized carbons (Fsp3) is 0.167. The Morgan fingerprint density at radius 2 is 1.85 bits per heavy atom. The first-order valence-corrected chi connectivity index (χ1v) is 7.15. The number of hydrogen-bond donors (Lipinski definition) is 0. The molecule has 0 aromatic heterocycles. The third-order valence-corrected chi connectivity index (χ3v) is 5.34. The Hall–Kier alpha value is -0.570. The Bertz CT molecular complexity index is 421. The molecule has 0 aliphatic carbocycles. The molecule has 13 heavy (non-hydrogen) atoms. The van der Waals surface area contributed by atoms with E-state index in [2.05, 4.69) is 36.4 Å². The minimum absolute atomic E-state index is 0.304. The second-order valence-corrected chi connectivity index (χ2v) is 6.33. The van der Waals surface area contributed by atoms with Crippen molar-refractivity contribution in [1.29, 1.82) is 0 Å². The van der Waals surface area contributed by atoms with E-state index < -0.39 is 0 Å². The van der Waals surface area contributed by atoms with E-state index >= 15 is 0 Å². The zero-order valence-electron chi connectivity index (χ0n) is 7.26. The van der Waals surface area contributed by atoms with E-state index in [1.807, 2.05) is 0 Å². The molecule has 1 aliphatic heterocycles. The van der Waals surface area contributed by atoms with Crippen molar-refractivity contribution in [3.63, 3.8) is 0 Å². The quantitative estimate of drug-likeness (QED) is 0.457. The van der Waals surface area contributed by atoms with Crippen LogP contribution in [0.3, 0.4) is 0 Å². The summed E-state index contributed by atoms with van der Waals surface area (Å²) < 4.78 is 3.08. The summed E-state index contributed by atoms with van der Waals surface area (Å²) in [6.45, 7) is 0. The van der Waals surface area contributed by atoms with Crippen LogP contribution in [0.2, 0.25) is 0 Å². The Labute approximate surface area is 88.2 Å². The molecular formula is C12H10I-. The van der Waals surface area contributed by atoms with Gasteiger partial charge in [0, 0.05) is 0 Å². The molecule has 0 saturated heterocycles. The van der Waals surface area contributed by atoms with Gasteiger partial charge in [-0.05, 0) is 0 Å². The molecule has 0 spiro atoms. The SMILES string of the molecule is c1cc2c3c(cccc3c1)[I-]CC2. The van der Waals surface area contributed by atoms with Gasteiger partial charge in [0.15, 0.2) is 0 Å². The first-order valence-electron chi connectivity index (χ1n) is 4.55. The molecule has 1 heterocycles. The van der Waals surface area contributed by atoms with Crippen LogP contribution in [0.1, 0.15) is 5.56 Å². The summed E-state index contributed by atoms with van der Waals surface area (Å²) in [5, 5.41) is 3.01. The third-order valence-electron chi connectivity index (χ3n) is 2.54. The van der Waals surface area contributed by atoms with Crippen LogP contribution in [0.4, 0.5) is 0 Å². The molecule has 1 aliphatic rings. The molecule has 0 N–H and O–H groups in total. The summed E-state index contributed by atoms with van der Waals surface area (Å²) in [6, 6.07) is 13.5. The van der Waals surface area contributed by atoms with E-state index in [1.165, 1.54) is 16.2 Å². The second kappa shape index (κ2) is 2.98. The van der Waals surface area contributed by atoms with Gasteiger partial charge in [-0.3, -0.25) is 0 Å². The molecule has 0 saturated carbocycles. The first-order chi connectivity index (χ1) is 6.45. The zero-order chi connectivity index (χ0) is 8.67. The molecule has 3 rings (SSSR count). The van der Waals surface area contributed by atoms with E-state index in [0.717, 1.165) is 0 Å². The van der Waals surface area contributed by atoms with Gasteiger partial charge in [-0.25, -0.2) is 0 Å². The molecule has 0 nitrogen and oxygen atoms in total. The predicted octanol–water partition coefficient (Wildman–Crippen LogP) is -0.346. The monoisotopic (exact) mass is 281 g/mol. The van der Waals surface area contributed by atoms with Gasteiger partial charge in [-0.15, -0.1) is 0 Å². The molecule has 2 aromatic rings. The van der Waals surface area contributed by atoms with Crippen molar-refractivity contribution in [2.75, 3.05) is 4.43 Å². The summed E-state index contributed by atoms with van der Waals surface area (Å²) >= 11 is 0.304. The molecule has 0 radical (unpaired) electrons. The van der Waals surface area contributed by atoms with E-state index in [0.29, 0.717) is 21.2 Å². The van der Waals surface area contributed by atoms with E-state index in [1.54, 1.807) is 14.5 Å². The van der Waals surface area contributed by atoms with Gasteiger partial charge in [0.25, 0.3) is 0 Å². The van der Waals surface area contributed by atoms with Crippen LogP contribution < -0.4 is 21.2 Å². The average molecular weight is 281 g/mol. The van der Waals surface area contributed by atoms with Crippen molar-refractivity contribution in [2.24, 2.45) is 0 Å². The van der Waals surface area contributed by atoms with Crippen LogP contribution in [0.5, 0.6) is 0 Å². The van der Waals surface area contributed by atoms with E-state index in [-0.39, 0.29) is 0 Å². The molecule has 2 aromatic carbocycles. The molecule has 0 fully saturated rings. The van der Waals surface area contributed by atoms with Crippen LogP contribution in [-0.2, 0) is 6.42 Å². The number of hydrogen-bond acceptors (Lipinski definition) is 0. The molecule has 0 unspecified atom stereocenters. The Morgan fingerprint density at radius 3 is 2.77 bits per heavy atom. The van der Waals surface area contributed by atoms with Gasteiger partial charge in [0.05, 0.1) is 0 Å². The van der Waals surface area contributed by atoms with Gasteiger partial charge >= 0.3 is 88.4 Å². The summed E-state index contributed by atoms with van der Waals surface area (Å²) in [6.07, 6.45) is 1.31. The molecule has 0 bridgehead atoms.